The van der Waals surface area contributed by atoms with Crippen molar-refractivity contribution in [1.82, 2.24) is 4.31 Å². The molecule has 1 unspecified atom stereocenters. The van der Waals surface area contributed by atoms with Crippen LogP contribution in [0.15, 0.2) is 0 Å². The molecule has 0 spiro atoms. The number of nitriles is 1. The van der Waals surface area contributed by atoms with E-state index in [9.17, 15) is 13.2 Å². The van der Waals surface area contributed by atoms with Gasteiger partial charge in [0.15, 0.2) is 5.25 Å². The van der Waals surface area contributed by atoms with Gasteiger partial charge in [0.05, 0.1) is 19.1 Å². The van der Waals surface area contributed by atoms with Crippen LogP contribution in [0.3, 0.4) is 0 Å². The summed E-state index contributed by atoms with van der Waals surface area (Å²) < 4.78 is 30.1. The third kappa shape index (κ3) is 3.00. The van der Waals surface area contributed by atoms with Crippen LogP contribution < -0.4 is 0 Å². The van der Waals surface area contributed by atoms with Gasteiger partial charge in [-0.2, -0.15) is 5.26 Å². The summed E-state index contributed by atoms with van der Waals surface area (Å²) in [4.78, 5) is 11.3. The van der Waals surface area contributed by atoms with Crippen LogP contribution in [0.1, 0.15) is 26.2 Å². The summed E-state index contributed by atoms with van der Waals surface area (Å²) in [7, 11) is -2.23. The number of esters is 1. The van der Waals surface area contributed by atoms with Gasteiger partial charge in [0.2, 0.25) is 10.0 Å². The summed E-state index contributed by atoms with van der Waals surface area (Å²) in [6, 6.07) is 1.81. The first-order valence-corrected chi connectivity index (χ1v) is 7.44. The van der Waals surface area contributed by atoms with Gasteiger partial charge >= 0.3 is 5.97 Å². The zero-order valence-electron chi connectivity index (χ0n) is 10.6. The molecule has 0 N–H and O–H groups in total. The zero-order chi connectivity index (χ0) is 13.8. The Morgan fingerprint density at radius 3 is 2.44 bits per heavy atom. The van der Waals surface area contributed by atoms with Crippen molar-refractivity contribution < 1.29 is 17.9 Å². The van der Waals surface area contributed by atoms with E-state index in [1.165, 1.54) is 11.4 Å². The maximum Gasteiger partial charge on any atom is 0.308 e. The predicted octanol–water partition coefficient (Wildman–Crippen LogP) is 0.503. The molecule has 1 aliphatic heterocycles. The number of carbonyl (C=O) groups is 1. The number of methoxy groups -OCH3 is 1. The molecule has 1 saturated heterocycles. The molecule has 0 aromatic heterocycles. The summed E-state index contributed by atoms with van der Waals surface area (Å²) in [6.07, 6.45) is 1.18. The molecule has 6 nitrogen and oxygen atoms in total. The Balaban J connectivity index is 2.69. The molecule has 1 rings (SSSR count). The van der Waals surface area contributed by atoms with Gasteiger partial charge in [-0.25, -0.2) is 12.7 Å². The third-order valence-electron chi connectivity index (χ3n) is 3.22. The van der Waals surface area contributed by atoms with Gasteiger partial charge in [0, 0.05) is 13.1 Å². The van der Waals surface area contributed by atoms with E-state index >= 15 is 0 Å². The van der Waals surface area contributed by atoms with Crippen LogP contribution in [-0.4, -0.2) is 44.1 Å². The lowest BCUT2D eigenvalue weighted by molar-refractivity contribution is -0.146. The Bertz CT molecular complexity index is 432. The van der Waals surface area contributed by atoms with E-state index in [0.29, 0.717) is 12.8 Å². The number of hydrogen-bond donors (Lipinski definition) is 0. The fraction of sp³-hybridized carbons (Fsp3) is 0.818. The second kappa shape index (κ2) is 6.16. The monoisotopic (exact) mass is 274 g/mol. The Labute approximate surface area is 108 Å². The van der Waals surface area contributed by atoms with Crippen molar-refractivity contribution in [1.29, 1.82) is 5.26 Å². The predicted molar refractivity (Wildman–Crippen MR) is 64.9 cm³/mol. The molecular formula is C11H18N2O4S. The maximum atomic E-state index is 12.1. The van der Waals surface area contributed by atoms with Gasteiger partial charge in [-0.1, -0.05) is 6.92 Å². The smallest absolute Gasteiger partial charge is 0.308 e. The minimum absolute atomic E-state index is 0.233. The summed E-state index contributed by atoms with van der Waals surface area (Å²) in [5.41, 5.74) is 0. The van der Waals surface area contributed by atoms with Gasteiger partial charge in [-0.15, -0.1) is 0 Å². The molecule has 0 radical (unpaired) electrons. The molecule has 0 amide bonds. The number of ether oxygens (including phenoxy) is 1. The molecule has 1 aliphatic rings. The Morgan fingerprint density at radius 2 is 2.06 bits per heavy atom. The fourth-order valence-electron chi connectivity index (χ4n) is 2.06. The molecule has 0 saturated carbocycles. The molecule has 0 bridgehead atoms. The van der Waals surface area contributed by atoms with Crippen LogP contribution in [0.25, 0.3) is 0 Å². The highest BCUT2D eigenvalue weighted by Gasteiger charge is 2.35. The van der Waals surface area contributed by atoms with Crippen LogP contribution in [0.2, 0.25) is 0 Å². The summed E-state index contributed by atoms with van der Waals surface area (Å²) in [5, 5.41) is 7.85. The highest BCUT2D eigenvalue weighted by atomic mass is 32.2. The van der Waals surface area contributed by atoms with Crippen molar-refractivity contribution in [3.63, 3.8) is 0 Å². The number of piperidine rings is 1. The largest absolute Gasteiger partial charge is 0.469 e. The molecule has 18 heavy (non-hydrogen) atoms. The minimum atomic E-state index is -3.56. The SMILES string of the molecule is CCC(C#N)S(=O)(=O)N1CCC(C(=O)OC)CC1. The van der Waals surface area contributed by atoms with Gasteiger partial charge in [-0.05, 0) is 19.3 Å². The lowest BCUT2D eigenvalue weighted by Gasteiger charge is -2.30. The van der Waals surface area contributed by atoms with E-state index in [0.717, 1.165) is 0 Å². The van der Waals surface area contributed by atoms with Gasteiger partial charge in [0.25, 0.3) is 0 Å². The first-order valence-electron chi connectivity index (χ1n) is 5.93. The van der Waals surface area contributed by atoms with Crippen LogP contribution in [-0.2, 0) is 19.6 Å². The van der Waals surface area contributed by atoms with Crippen molar-refractivity contribution in [2.75, 3.05) is 20.2 Å². The van der Waals surface area contributed by atoms with Crippen LogP contribution >= 0.6 is 0 Å². The number of carbonyl (C=O) groups excluding carboxylic acids is 1. The van der Waals surface area contributed by atoms with Crippen molar-refractivity contribution in [3.8, 4) is 6.07 Å². The topological polar surface area (TPSA) is 87.5 Å². The lowest BCUT2D eigenvalue weighted by atomic mass is 9.99. The second-order valence-corrected chi connectivity index (χ2v) is 6.38. The lowest BCUT2D eigenvalue weighted by Crippen LogP contribution is -2.44. The van der Waals surface area contributed by atoms with E-state index in [1.807, 2.05) is 6.07 Å². The molecule has 102 valence electrons. The molecule has 0 aliphatic carbocycles. The zero-order valence-corrected chi connectivity index (χ0v) is 11.4. The highest BCUT2D eigenvalue weighted by Crippen LogP contribution is 2.23. The molecule has 0 aromatic rings. The molecule has 1 heterocycles. The van der Waals surface area contributed by atoms with E-state index in [2.05, 4.69) is 4.74 Å². The van der Waals surface area contributed by atoms with Gasteiger partial charge in [-0.3, -0.25) is 4.79 Å². The van der Waals surface area contributed by atoms with E-state index < -0.39 is 15.3 Å². The third-order valence-corrected chi connectivity index (χ3v) is 5.47. The summed E-state index contributed by atoms with van der Waals surface area (Å²) >= 11 is 0. The van der Waals surface area contributed by atoms with Crippen LogP contribution in [0.5, 0.6) is 0 Å². The quantitative estimate of drug-likeness (QED) is 0.697. The summed E-state index contributed by atoms with van der Waals surface area (Å²) in [5.74, 6) is -0.525. The molecule has 1 atom stereocenters. The Hall–Kier alpha value is -1.13. The molecule has 1 fully saturated rings. The summed E-state index contributed by atoms with van der Waals surface area (Å²) in [6.45, 7) is 2.23. The van der Waals surface area contributed by atoms with Crippen LogP contribution in [0.4, 0.5) is 0 Å². The number of nitrogens with zero attached hydrogens (tertiary/aromatic N) is 2. The number of rotatable bonds is 4. The highest BCUT2D eigenvalue weighted by molar-refractivity contribution is 7.90. The minimum Gasteiger partial charge on any atom is -0.469 e. The normalized spacial score (nSPS) is 20.1. The Morgan fingerprint density at radius 1 is 1.50 bits per heavy atom. The number of hydrogen-bond acceptors (Lipinski definition) is 5. The second-order valence-electron chi connectivity index (χ2n) is 4.27. The first-order chi connectivity index (χ1) is 8.47. The van der Waals surface area contributed by atoms with Gasteiger partial charge < -0.3 is 4.74 Å². The first kappa shape index (κ1) is 14.9. The Kier molecular flexibility index (Phi) is 5.11. The number of sulfonamides is 1. The molecular weight excluding hydrogens is 256 g/mol. The fourth-order valence-corrected chi connectivity index (χ4v) is 3.70. The van der Waals surface area contributed by atoms with Crippen molar-refractivity contribution in [3.05, 3.63) is 0 Å². The van der Waals surface area contributed by atoms with Crippen molar-refractivity contribution in [2.24, 2.45) is 5.92 Å². The standard InChI is InChI=1S/C11H18N2O4S/c1-3-10(8-12)18(15,16)13-6-4-9(5-7-13)11(14)17-2/h9-10H,3-7H2,1-2H3. The van der Waals surface area contributed by atoms with E-state index in [4.69, 9.17) is 5.26 Å². The van der Waals surface area contributed by atoms with Crippen LogP contribution in [0, 0.1) is 17.2 Å². The van der Waals surface area contributed by atoms with Crippen molar-refractivity contribution >= 4 is 16.0 Å². The molecule has 0 aromatic carbocycles. The van der Waals surface area contributed by atoms with E-state index in [-0.39, 0.29) is 31.4 Å². The molecule has 7 heteroatoms. The van der Waals surface area contributed by atoms with E-state index in [1.54, 1.807) is 6.92 Å². The average molecular weight is 274 g/mol. The van der Waals surface area contributed by atoms with Gasteiger partial charge in [0.1, 0.15) is 0 Å². The maximum absolute atomic E-state index is 12.1. The average Bonchev–Trinajstić information content (AvgIpc) is 2.39. The van der Waals surface area contributed by atoms with Crippen molar-refractivity contribution in [2.45, 2.75) is 31.4 Å².